The zero-order chi connectivity index (χ0) is 22.1. The van der Waals surface area contributed by atoms with Gasteiger partial charge in [0, 0.05) is 19.1 Å². The van der Waals surface area contributed by atoms with Crippen molar-refractivity contribution >= 4 is 33.5 Å². The zero-order valence-corrected chi connectivity index (χ0v) is 17.7. The van der Waals surface area contributed by atoms with Gasteiger partial charge >= 0.3 is 5.97 Å². The zero-order valence-electron chi connectivity index (χ0n) is 16.9. The van der Waals surface area contributed by atoms with Crippen molar-refractivity contribution in [1.82, 2.24) is 9.80 Å². The second-order valence-corrected chi connectivity index (χ2v) is 9.60. The summed E-state index contributed by atoms with van der Waals surface area (Å²) >= 11 is 0. The lowest BCUT2D eigenvalue weighted by Gasteiger charge is -2.29. The summed E-state index contributed by atoms with van der Waals surface area (Å²) in [5.41, 5.74) is 0.592. The molecule has 0 aliphatic carbocycles. The molecule has 1 fully saturated rings. The summed E-state index contributed by atoms with van der Waals surface area (Å²) in [6.45, 7) is 3.31. The summed E-state index contributed by atoms with van der Waals surface area (Å²) in [6.07, 6.45) is -0.974. The van der Waals surface area contributed by atoms with E-state index in [9.17, 15) is 27.6 Å². The van der Waals surface area contributed by atoms with Gasteiger partial charge in [-0.3, -0.25) is 24.1 Å². The van der Waals surface area contributed by atoms with Gasteiger partial charge in [0.1, 0.15) is 0 Å². The van der Waals surface area contributed by atoms with Crippen LogP contribution in [0.25, 0.3) is 0 Å². The molecule has 0 bridgehead atoms. The van der Waals surface area contributed by atoms with E-state index in [0.717, 1.165) is 4.90 Å². The van der Waals surface area contributed by atoms with E-state index in [1.807, 2.05) is 0 Å². The third-order valence-corrected chi connectivity index (χ3v) is 7.10. The summed E-state index contributed by atoms with van der Waals surface area (Å²) in [4.78, 5) is 51.9. The minimum Gasteiger partial charge on any atom is -0.452 e. The highest BCUT2D eigenvalue weighted by Gasteiger charge is 2.37. The van der Waals surface area contributed by atoms with Crippen LogP contribution < -0.4 is 0 Å². The first-order valence-corrected chi connectivity index (χ1v) is 11.6. The molecule has 10 heteroatoms. The number of nitrogens with zero attached hydrogens (tertiary/aromatic N) is 2. The number of imide groups is 1. The van der Waals surface area contributed by atoms with E-state index in [1.165, 1.54) is 11.8 Å². The van der Waals surface area contributed by atoms with Crippen LogP contribution in [0.5, 0.6) is 0 Å². The number of esters is 1. The van der Waals surface area contributed by atoms with Crippen LogP contribution in [-0.4, -0.2) is 78.6 Å². The minimum absolute atomic E-state index is 0.0376. The van der Waals surface area contributed by atoms with Crippen LogP contribution in [0, 0.1) is 0 Å². The van der Waals surface area contributed by atoms with Gasteiger partial charge in [0.2, 0.25) is 0 Å². The number of carbonyl (C=O) groups excluding carboxylic acids is 4. The number of rotatable bonds is 7. The fraction of sp³-hybridized carbons (Fsp3) is 0.500. The predicted octanol–water partition coefficient (Wildman–Crippen LogP) is 0.640. The number of hydrogen-bond acceptors (Lipinski definition) is 7. The monoisotopic (exact) mass is 436 g/mol. The lowest BCUT2D eigenvalue weighted by Crippen LogP contribution is -2.46. The number of sulfone groups is 1. The Bertz CT molecular complexity index is 954. The van der Waals surface area contributed by atoms with E-state index in [1.54, 1.807) is 31.2 Å². The molecule has 0 spiro atoms. The quantitative estimate of drug-likeness (QED) is 0.455. The molecule has 1 aromatic carbocycles. The molecule has 0 N–H and O–H groups in total. The predicted molar refractivity (Wildman–Crippen MR) is 106 cm³/mol. The second-order valence-electron chi connectivity index (χ2n) is 7.37. The lowest BCUT2D eigenvalue weighted by molar-refractivity contribution is -0.160. The fourth-order valence-corrected chi connectivity index (χ4v) is 5.53. The molecule has 2 aliphatic heterocycles. The minimum atomic E-state index is -3.16. The van der Waals surface area contributed by atoms with E-state index < -0.39 is 45.7 Å². The first kappa shape index (κ1) is 21.9. The van der Waals surface area contributed by atoms with Gasteiger partial charge in [-0.1, -0.05) is 12.1 Å². The number of fused-ring (bicyclic) bond motifs is 1. The maximum Gasteiger partial charge on any atom is 0.308 e. The number of benzene rings is 1. The highest BCUT2D eigenvalue weighted by molar-refractivity contribution is 7.91. The van der Waals surface area contributed by atoms with E-state index in [-0.39, 0.29) is 24.5 Å². The van der Waals surface area contributed by atoms with Crippen LogP contribution in [0.15, 0.2) is 24.3 Å². The molecule has 2 aliphatic rings. The Morgan fingerprint density at radius 3 is 2.30 bits per heavy atom. The van der Waals surface area contributed by atoms with Crippen molar-refractivity contribution in [3.8, 4) is 0 Å². The topological polar surface area (TPSA) is 118 Å². The van der Waals surface area contributed by atoms with Crippen LogP contribution in [0.3, 0.4) is 0 Å². The third kappa shape index (κ3) is 4.38. The molecule has 0 radical (unpaired) electrons. The average Bonchev–Trinajstić information content (AvgIpc) is 3.18. The van der Waals surface area contributed by atoms with Crippen molar-refractivity contribution in [3.05, 3.63) is 35.4 Å². The van der Waals surface area contributed by atoms with E-state index in [0.29, 0.717) is 24.1 Å². The Morgan fingerprint density at radius 1 is 1.20 bits per heavy atom. The largest absolute Gasteiger partial charge is 0.452 e. The molecular weight excluding hydrogens is 412 g/mol. The molecule has 3 amide bonds. The van der Waals surface area contributed by atoms with Gasteiger partial charge < -0.3 is 9.64 Å². The van der Waals surface area contributed by atoms with Crippen molar-refractivity contribution in [1.29, 1.82) is 0 Å². The molecule has 0 unspecified atom stereocenters. The fourth-order valence-electron chi connectivity index (χ4n) is 3.80. The second kappa shape index (κ2) is 8.55. The van der Waals surface area contributed by atoms with Crippen molar-refractivity contribution < 1.29 is 32.3 Å². The van der Waals surface area contributed by atoms with Gasteiger partial charge in [0.25, 0.3) is 17.7 Å². The number of amides is 3. The molecule has 2 atom stereocenters. The molecule has 1 aromatic rings. The Morgan fingerprint density at radius 2 is 1.80 bits per heavy atom. The third-order valence-electron chi connectivity index (χ3n) is 5.35. The van der Waals surface area contributed by atoms with Crippen LogP contribution in [0.2, 0.25) is 0 Å². The summed E-state index contributed by atoms with van der Waals surface area (Å²) in [7, 11) is -3.16. The summed E-state index contributed by atoms with van der Waals surface area (Å²) in [5, 5.41) is 0. The van der Waals surface area contributed by atoms with Crippen LogP contribution in [-0.2, 0) is 24.2 Å². The molecule has 1 saturated heterocycles. The van der Waals surface area contributed by atoms with Crippen molar-refractivity contribution in [2.24, 2.45) is 0 Å². The van der Waals surface area contributed by atoms with Crippen molar-refractivity contribution in [2.45, 2.75) is 38.8 Å². The van der Waals surface area contributed by atoms with Crippen molar-refractivity contribution in [2.75, 3.05) is 24.6 Å². The van der Waals surface area contributed by atoms with Gasteiger partial charge in [-0.05, 0) is 32.4 Å². The van der Waals surface area contributed by atoms with Gasteiger partial charge in [0.15, 0.2) is 15.9 Å². The number of ether oxygens (including phenoxy) is 1. The lowest BCUT2D eigenvalue weighted by atomic mass is 10.1. The molecule has 9 nitrogen and oxygen atoms in total. The molecule has 2 heterocycles. The highest BCUT2D eigenvalue weighted by Crippen LogP contribution is 2.23. The standard InChI is InChI=1S/C20H24N2O7S/c1-3-21(14-9-11-30(27,28)12-14)18(24)13(2)29-17(23)8-10-22-19(25)15-6-4-5-7-16(15)20(22)26/h4-7,13-14H,3,8-12H2,1-2H3/t13-,14+/m0/s1. The molecular formula is C20H24N2O7S. The van der Waals surface area contributed by atoms with Gasteiger partial charge in [-0.15, -0.1) is 0 Å². The molecule has 162 valence electrons. The maximum absolute atomic E-state index is 12.7. The number of carbonyl (C=O) groups is 4. The maximum atomic E-state index is 12.7. The number of hydrogen-bond donors (Lipinski definition) is 0. The van der Waals surface area contributed by atoms with Crippen LogP contribution >= 0.6 is 0 Å². The van der Waals surface area contributed by atoms with Gasteiger partial charge in [-0.2, -0.15) is 0 Å². The smallest absolute Gasteiger partial charge is 0.308 e. The molecule has 30 heavy (non-hydrogen) atoms. The first-order chi connectivity index (χ1) is 14.1. The number of likely N-dealkylation sites (N-methyl/N-ethyl adjacent to an activating group) is 1. The Labute approximate surface area is 174 Å². The normalized spacial score (nSPS) is 20.7. The van der Waals surface area contributed by atoms with Crippen molar-refractivity contribution in [3.63, 3.8) is 0 Å². The summed E-state index contributed by atoms with van der Waals surface area (Å²) in [5.74, 6) is -2.17. The molecule has 0 saturated carbocycles. The van der Waals surface area contributed by atoms with Gasteiger partial charge in [-0.25, -0.2) is 8.42 Å². The van der Waals surface area contributed by atoms with E-state index in [4.69, 9.17) is 4.74 Å². The van der Waals surface area contributed by atoms with E-state index in [2.05, 4.69) is 0 Å². The summed E-state index contributed by atoms with van der Waals surface area (Å²) in [6, 6.07) is 6.00. The first-order valence-electron chi connectivity index (χ1n) is 9.80. The molecule has 3 rings (SSSR count). The Hall–Kier alpha value is -2.75. The Balaban J connectivity index is 1.54. The summed E-state index contributed by atoms with van der Waals surface area (Å²) < 4.78 is 28.6. The van der Waals surface area contributed by atoms with Crippen LogP contribution in [0.4, 0.5) is 0 Å². The Kier molecular flexibility index (Phi) is 6.25. The highest BCUT2D eigenvalue weighted by atomic mass is 32.2. The van der Waals surface area contributed by atoms with Crippen LogP contribution in [0.1, 0.15) is 47.4 Å². The van der Waals surface area contributed by atoms with E-state index >= 15 is 0 Å². The SMILES string of the molecule is CCN(C(=O)[C@H](C)OC(=O)CCN1C(=O)c2ccccc2C1=O)[C@@H]1CCS(=O)(=O)C1. The molecule has 0 aromatic heterocycles. The van der Waals surface area contributed by atoms with Gasteiger partial charge in [0.05, 0.1) is 29.1 Å². The average molecular weight is 436 g/mol.